The standard InChI is InChI=1S/C11H19FN2O3/c1-10(2,3)17-9(16)14-6-4-5-11(12,7-14)8(13)15/h4-7H2,1-3H3,(H2,13,15). The maximum absolute atomic E-state index is 14.0. The number of nitrogens with two attached hydrogens (primary N) is 1. The quantitative estimate of drug-likeness (QED) is 0.755. The summed E-state index contributed by atoms with van der Waals surface area (Å²) >= 11 is 0. The molecule has 2 N–H and O–H groups in total. The highest BCUT2D eigenvalue weighted by molar-refractivity contribution is 5.84. The molecular formula is C11H19FN2O3. The van der Waals surface area contributed by atoms with Crippen molar-refractivity contribution >= 4 is 12.0 Å². The molecule has 1 aliphatic rings. The molecule has 1 aliphatic heterocycles. The Kier molecular flexibility index (Phi) is 3.64. The number of amides is 2. The third-order valence-electron chi connectivity index (χ3n) is 2.54. The number of carbonyl (C=O) groups excluding carboxylic acids is 2. The van der Waals surface area contributed by atoms with Crippen LogP contribution in [0.25, 0.3) is 0 Å². The van der Waals surface area contributed by atoms with Gasteiger partial charge in [0.2, 0.25) is 5.67 Å². The average molecular weight is 246 g/mol. The van der Waals surface area contributed by atoms with E-state index in [0.717, 1.165) is 0 Å². The van der Waals surface area contributed by atoms with Crippen molar-refractivity contribution in [3.63, 3.8) is 0 Å². The Morgan fingerprint density at radius 3 is 2.47 bits per heavy atom. The molecule has 0 aromatic rings. The molecule has 0 aliphatic carbocycles. The molecule has 98 valence electrons. The van der Waals surface area contributed by atoms with Gasteiger partial charge in [-0.25, -0.2) is 9.18 Å². The first-order valence-corrected chi connectivity index (χ1v) is 5.61. The van der Waals surface area contributed by atoms with Crippen molar-refractivity contribution in [2.24, 2.45) is 5.73 Å². The normalized spacial score (nSPS) is 25.5. The second-order valence-corrected chi connectivity index (χ2v) is 5.34. The van der Waals surface area contributed by atoms with Crippen LogP contribution in [-0.4, -0.2) is 41.3 Å². The highest BCUT2D eigenvalue weighted by atomic mass is 19.1. The summed E-state index contributed by atoms with van der Waals surface area (Å²) in [5, 5.41) is 0. The van der Waals surface area contributed by atoms with Gasteiger partial charge in [0.05, 0.1) is 6.54 Å². The van der Waals surface area contributed by atoms with E-state index in [-0.39, 0.29) is 13.0 Å². The molecule has 1 atom stereocenters. The van der Waals surface area contributed by atoms with E-state index in [1.54, 1.807) is 20.8 Å². The highest BCUT2D eigenvalue weighted by Gasteiger charge is 2.43. The summed E-state index contributed by atoms with van der Waals surface area (Å²) in [6, 6.07) is 0. The summed E-state index contributed by atoms with van der Waals surface area (Å²) in [5.41, 5.74) is 2.23. The fraction of sp³-hybridized carbons (Fsp3) is 0.818. The second-order valence-electron chi connectivity index (χ2n) is 5.34. The molecule has 0 saturated carbocycles. The average Bonchev–Trinajstić information content (AvgIpc) is 2.15. The molecular weight excluding hydrogens is 227 g/mol. The lowest BCUT2D eigenvalue weighted by atomic mass is 9.94. The fourth-order valence-electron chi connectivity index (χ4n) is 1.69. The Morgan fingerprint density at radius 1 is 1.41 bits per heavy atom. The number of primary amides is 1. The molecule has 1 heterocycles. The Labute approximate surface area is 100 Å². The Morgan fingerprint density at radius 2 is 2.00 bits per heavy atom. The molecule has 17 heavy (non-hydrogen) atoms. The molecule has 2 amide bonds. The molecule has 0 bridgehead atoms. The summed E-state index contributed by atoms with van der Waals surface area (Å²) in [7, 11) is 0. The van der Waals surface area contributed by atoms with Crippen LogP contribution in [0.4, 0.5) is 9.18 Å². The SMILES string of the molecule is CC(C)(C)OC(=O)N1CCCC(F)(C(N)=O)C1. The van der Waals surface area contributed by atoms with Crippen LogP contribution in [0.5, 0.6) is 0 Å². The minimum absolute atomic E-state index is 0.0572. The van der Waals surface area contributed by atoms with E-state index in [2.05, 4.69) is 0 Å². The van der Waals surface area contributed by atoms with Crippen LogP contribution in [0.1, 0.15) is 33.6 Å². The summed E-state index contributed by atoms with van der Waals surface area (Å²) in [6.07, 6.45) is -0.152. The maximum Gasteiger partial charge on any atom is 0.410 e. The van der Waals surface area contributed by atoms with Crippen molar-refractivity contribution < 1.29 is 18.7 Å². The van der Waals surface area contributed by atoms with E-state index in [1.807, 2.05) is 0 Å². The van der Waals surface area contributed by atoms with Gasteiger partial charge in [-0.2, -0.15) is 0 Å². The lowest BCUT2D eigenvalue weighted by Crippen LogP contribution is -2.55. The smallest absolute Gasteiger partial charge is 0.410 e. The molecule has 6 heteroatoms. The molecule has 0 aromatic heterocycles. The van der Waals surface area contributed by atoms with Gasteiger partial charge < -0.3 is 15.4 Å². The molecule has 0 radical (unpaired) electrons. The van der Waals surface area contributed by atoms with E-state index in [4.69, 9.17) is 10.5 Å². The molecule has 1 fully saturated rings. The fourth-order valence-corrected chi connectivity index (χ4v) is 1.69. The zero-order valence-corrected chi connectivity index (χ0v) is 10.5. The van der Waals surface area contributed by atoms with Crippen molar-refractivity contribution in [3.8, 4) is 0 Å². The number of piperidine rings is 1. The van der Waals surface area contributed by atoms with Crippen LogP contribution >= 0.6 is 0 Å². The Hall–Kier alpha value is -1.33. The summed E-state index contributed by atoms with van der Waals surface area (Å²) in [5.74, 6) is -1.02. The Balaban J connectivity index is 2.67. The minimum Gasteiger partial charge on any atom is -0.444 e. The second kappa shape index (κ2) is 4.50. The van der Waals surface area contributed by atoms with Gasteiger partial charge in [-0.15, -0.1) is 0 Å². The Bertz CT molecular complexity index is 327. The lowest BCUT2D eigenvalue weighted by molar-refractivity contribution is -0.132. The van der Waals surface area contributed by atoms with E-state index >= 15 is 0 Å². The third-order valence-corrected chi connectivity index (χ3v) is 2.54. The summed E-state index contributed by atoms with van der Waals surface area (Å²) < 4.78 is 19.1. The van der Waals surface area contributed by atoms with Gasteiger partial charge in [0.25, 0.3) is 5.91 Å². The van der Waals surface area contributed by atoms with Gasteiger partial charge in [0, 0.05) is 6.54 Å². The van der Waals surface area contributed by atoms with Gasteiger partial charge in [-0.1, -0.05) is 0 Å². The summed E-state index contributed by atoms with van der Waals surface area (Å²) in [4.78, 5) is 23.9. The zero-order valence-electron chi connectivity index (χ0n) is 10.5. The molecule has 1 unspecified atom stereocenters. The van der Waals surface area contributed by atoms with E-state index in [9.17, 15) is 14.0 Å². The number of rotatable bonds is 1. The first-order valence-electron chi connectivity index (χ1n) is 5.61. The number of likely N-dealkylation sites (tertiary alicyclic amines) is 1. The number of nitrogens with zero attached hydrogens (tertiary/aromatic N) is 1. The summed E-state index contributed by atoms with van der Waals surface area (Å²) in [6.45, 7) is 5.24. The first kappa shape index (κ1) is 13.7. The lowest BCUT2D eigenvalue weighted by Gasteiger charge is -2.36. The highest BCUT2D eigenvalue weighted by Crippen LogP contribution is 2.26. The number of alkyl halides is 1. The van der Waals surface area contributed by atoms with Crippen molar-refractivity contribution in [1.82, 2.24) is 4.90 Å². The maximum atomic E-state index is 14.0. The van der Waals surface area contributed by atoms with Crippen LogP contribution in [0.3, 0.4) is 0 Å². The monoisotopic (exact) mass is 246 g/mol. The van der Waals surface area contributed by atoms with Crippen LogP contribution in [0.2, 0.25) is 0 Å². The molecule has 0 aromatic carbocycles. The third kappa shape index (κ3) is 3.57. The number of hydrogen-bond acceptors (Lipinski definition) is 3. The number of ether oxygens (including phenoxy) is 1. The minimum atomic E-state index is -2.13. The van der Waals surface area contributed by atoms with Crippen LogP contribution in [-0.2, 0) is 9.53 Å². The van der Waals surface area contributed by atoms with E-state index in [0.29, 0.717) is 13.0 Å². The zero-order chi connectivity index (χ0) is 13.3. The molecule has 5 nitrogen and oxygen atoms in total. The van der Waals surface area contributed by atoms with Crippen molar-refractivity contribution in [3.05, 3.63) is 0 Å². The molecule has 1 rings (SSSR count). The largest absolute Gasteiger partial charge is 0.444 e. The van der Waals surface area contributed by atoms with Gasteiger partial charge >= 0.3 is 6.09 Å². The topological polar surface area (TPSA) is 72.6 Å². The van der Waals surface area contributed by atoms with Crippen LogP contribution in [0.15, 0.2) is 0 Å². The van der Waals surface area contributed by atoms with Crippen molar-refractivity contribution in [1.29, 1.82) is 0 Å². The van der Waals surface area contributed by atoms with Crippen molar-refractivity contribution in [2.45, 2.75) is 44.9 Å². The molecule has 1 saturated heterocycles. The van der Waals surface area contributed by atoms with Crippen LogP contribution in [0, 0.1) is 0 Å². The molecule has 0 spiro atoms. The van der Waals surface area contributed by atoms with E-state index < -0.39 is 23.3 Å². The number of halogens is 1. The predicted molar refractivity (Wildman–Crippen MR) is 60.1 cm³/mol. The van der Waals surface area contributed by atoms with E-state index in [1.165, 1.54) is 4.90 Å². The number of carbonyl (C=O) groups is 2. The van der Waals surface area contributed by atoms with Crippen LogP contribution < -0.4 is 5.73 Å². The predicted octanol–water partition coefficient (Wildman–Crippen LogP) is 1.21. The van der Waals surface area contributed by atoms with Gasteiger partial charge in [-0.05, 0) is 33.6 Å². The van der Waals surface area contributed by atoms with Gasteiger partial charge in [0.1, 0.15) is 5.60 Å². The number of hydrogen-bond donors (Lipinski definition) is 1. The van der Waals surface area contributed by atoms with Gasteiger partial charge in [0.15, 0.2) is 0 Å². The first-order chi connectivity index (χ1) is 7.64. The van der Waals surface area contributed by atoms with Crippen molar-refractivity contribution in [2.75, 3.05) is 13.1 Å². The van der Waals surface area contributed by atoms with Gasteiger partial charge in [-0.3, -0.25) is 4.79 Å².